The van der Waals surface area contributed by atoms with Gasteiger partial charge in [0.1, 0.15) is 6.61 Å². The van der Waals surface area contributed by atoms with E-state index in [4.69, 9.17) is 9.78 Å². The van der Waals surface area contributed by atoms with Crippen LogP contribution in [0, 0.1) is 0 Å². The number of ketones is 1. The first kappa shape index (κ1) is 11.3. The average molecular weight is 172 g/mol. The predicted octanol–water partition coefficient (Wildman–Crippen LogP) is 1.88. The first-order chi connectivity index (χ1) is 5.33. The molecule has 0 aromatic heterocycles. The molecule has 0 fully saturated rings. The van der Waals surface area contributed by atoms with Crippen molar-refractivity contribution >= 4 is 5.78 Å². The summed E-state index contributed by atoms with van der Waals surface area (Å²) in [6, 6.07) is 0. The Bertz CT molecular complexity index is 177. The Morgan fingerprint density at radius 2 is 1.92 bits per heavy atom. The summed E-state index contributed by atoms with van der Waals surface area (Å²) < 4.78 is 0. The lowest BCUT2D eigenvalue weighted by Crippen LogP contribution is -2.20. The zero-order chi connectivity index (χ0) is 9.78. The summed E-state index contributed by atoms with van der Waals surface area (Å²) in [5.74, 6) is -0.0764. The summed E-state index contributed by atoms with van der Waals surface area (Å²) in [6.07, 6.45) is 0. The van der Waals surface area contributed by atoms with E-state index in [1.165, 1.54) is 6.92 Å². The van der Waals surface area contributed by atoms with E-state index >= 15 is 0 Å². The SMILES string of the molecule is C=C(COOC(C)(C)C)C(C)=O. The molecular weight excluding hydrogens is 156 g/mol. The first-order valence-electron chi connectivity index (χ1n) is 3.82. The summed E-state index contributed by atoms with van der Waals surface area (Å²) in [5.41, 5.74) is 0.0658. The van der Waals surface area contributed by atoms with Crippen molar-refractivity contribution in [2.45, 2.75) is 33.3 Å². The van der Waals surface area contributed by atoms with Crippen molar-refractivity contribution in [3.8, 4) is 0 Å². The van der Waals surface area contributed by atoms with E-state index in [2.05, 4.69) is 6.58 Å². The minimum atomic E-state index is -0.350. The number of Topliss-reactive ketones (excluding diaryl/α,β-unsaturated/α-hetero) is 1. The van der Waals surface area contributed by atoms with Crippen LogP contribution in [-0.4, -0.2) is 18.0 Å². The third-order valence-corrected chi connectivity index (χ3v) is 1.04. The van der Waals surface area contributed by atoms with Crippen molar-refractivity contribution in [1.82, 2.24) is 0 Å². The summed E-state index contributed by atoms with van der Waals surface area (Å²) in [7, 11) is 0. The fourth-order valence-corrected chi connectivity index (χ4v) is 0.379. The van der Waals surface area contributed by atoms with Crippen LogP contribution in [0.4, 0.5) is 0 Å². The van der Waals surface area contributed by atoms with Gasteiger partial charge >= 0.3 is 0 Å². The van der Waals surface area contributed by atoms with Crippen molar-refractivity contribution < 1.29 is 14.6 Å². The van der Waals surface area contributed by atoms with Gasteiger partial charge in [-0.1, -0.05) is 6.58 Å². The molecule has 0 N–H and O–H groups in total. The first-order valence-corrected chi connectivity index (χ1v) is 3.82. The van der Waals surface area contributed by atoms with E-state index in [1.807, 2.05) is 20.8 Å². The maximum Gasteiger partial charge on any atom is 0.157 e. The number of carbonyl (C=O) groups excluding carboxylic acids is 1. The second-order valence-corrected chi connectivity index (χ2v) is 3.62. The summed E-state index contributed by atoms with van der Waals surface area (Å²) in [4.78, 5) is 20.4. The van der Waals surface area contributed by atoms with Crippen LogP contribution in [0.25, 0.3) is 0 Å². The Kier molecular flexibility index (Phi) is 4.13. The van der Waals surface area contributed by atoms with Crippen LogP contribution in [0.5, 0.6) is 0 Å². The molecule has 0 amide bonds. The van der Waals surface area contributed by atoms with Gasteiger partial charge in [-0.3, -0.25) is 4.79 Å². The molecule has 0 aromatic carbocycles. The molecule has 3 heteroatoms. The maximum atomic E-state index is 10.7. The molecule has 0 spiro atoms. The Hall–Kier alpha value is -0.670. The van der Waals surface area contributed by atoms with E-state index in [0.29, 0.717) is 5.57 Å². The van der Waals surface area contributed by atoms with Gasteiger partial charge in [-0.25, -0.2) is 9.78 Å². The molecule has 3 nitrogen and oxygen atoms in total. The lowest BCUT2D eigenvalue weighted by atomic mass is 10.2. The van der Waals surface area contributed by atoms with Crippen LogP contribution in [0.15, 0.2) is 12.2 Å². The molecule has 0 saturated carbocycles. The van der Waals surface area contributed by atoms with Gasteiger partial charge in [0.15, 0.2) is 5.78 Å². The Morgan fingerprint density at radius 3 is 2.25 bits per heavy atom. The van der Waals surface area contributed by atoms with Crippen LogP contribution >= 0.6 is 0 Å². The Balaban J connectivity index is 3.58. The lowest BCUT2D eigenvalue weighted by Gasteiger charge is -2.17. The van der Waals surface area contributed by atoms with Crippen LogP contribution < -0.4 is 0 Å². The number of hydrogen-bond donors (Lipinski definition) is 0. The number of rotatable bonds is 4. The van der Waals surface area contributed by atoms with Gasteiger partial charge < -0.3 is 0 Å². The highest BCUT2D eigenvalue weighted by Gasteiger charge is 2.12. The molecule has 0 aliphatic rings. The molecule has 0 atom stereocenters. The molecule has 0 heterocycles. The van der Waals surface area contributed by atoms with Crippen molar-refractivity contribution in [2.75, 3.05) is 6.61 Å². The van der Waals surface area contributed by atoms with Crippen LogP contribution in [0.2, 0.25) is 0 Å². The minimum absolute atomic E-state index is 0.0764. The minimum Gasteiger partial charge on any atom is -0.295 e. The van der Waals surface area contributed by atoms with E-state index in [1.54, 1.807) is 0 Å². The highest BCUT2D eigenvalue weighted by atomic mass is 17.2. The average Bonchev–Trinajstić information content (AvgIpc) is 1.84. The largest absolute Gasteiger partial charge is 0.295 e. The fourth-order valence-electron chi connectivity index (χ4n) is 0.379. The van der Waals surface area contributed by atoms with Crippen molar-refractivity contribution in [1.29, 1.82) is 0 Å². The normalized spacial score (nSPS) is 11.3. The highest BCUT2D eigenvalue weighted by molar-refractivity contribution is 5.92. The summed E-state index contributed by atoms with van der Waals surface area (Å²) >= 11 is 0. The Labute approximate surface area is 73.3 Å². The third kappa shape index (κ3) is 6.07. The molecule has 0 aromatic rings. The molecule has 0 aliphatic carbocycles. The molecule has 0 unspecified atom stereocenters. The number of carbonyl (C=O) groups is 1. The standard InChI is InChI=1S/C9H16O3/c1-7(8(2)10)6-11-12-9(3,4)5/h1,6H2,2-5H3. The van der Waals surface area contributed by atoms with Crippen LogP contribution in [0.1, 0.15) is 27.7 Å². The topological polar surface area (TPSA) is 35.5 Å². The van der Waals surface area contributed by atoms with Gasteiger partial charge in [0.2, 0.25) is 0 Å². The zero-order valence-electron chi connectivity index (χ0n) is 8.14. The third-order valence-electron chi connectivity index (χ3n) is 1.04. The second-order valence-electron chi connectivity index (χ2n) is 3.62. The van der Waals surface area contributed by atoms with Crippen LogP contribution in [-0.2, 0) is 14.6 Å². The molecule has 0 rings (SSSR count). The van der Waals surface area contributed by atoms with Crippen molar-refractivity contribution in [2.24, 2.45) is 0 Å². The van der Waals surface area contributed by atoms with Gasteiger partial charge in [0, 0.05) is 5.57 Å². The molecule has 0 aliphatic heterocycles. The summed E-state index contributed by atoms with van der Waals surface area (Å²) in [6.45, 7) is 10.7. The zero-order valence-corrected chi connectivity index (χ0v) is 8.14. The molecule has 70 valence electrons. The monoisotopic (exact) mass is 172 g/mol. The van der Waals surface area contributed by atoms with Gasteiger partial charge in [0.05, 0.1) is 5.60 Å². The predicted molar refractivity (Wildman–Crippen MR) is 46.6 cm³/mol. The molecule has 12 heavy (non-hydrogen) atoms. The van der Waals surface area contributed by atoms with Crippen LogP contribution in [0.3, 0.4) is 0 Å². The fraction of sp³-hybridized carbons (Fsp3) is 0.667. The second kappa shape index (κ2) is 4.38. The summed E-state index contributed by atoms with van der Waals surface area (Å²) in [5, 5.41) is 0. The van der Waals surface area contributed by atoms with Gasteiger partial charge in [-0.05, 0) is 27.7 Å². The van der Waals surface area contributed by atoms with E-state index in [0.717, 1.165) is 0 Å². The van der Waals surface area contributed by atoms with Crippen molar-refractivity contribution in [3.63, 3.8) is 0 Å². The Morgan fingerprint density at radius 1 is 1.42 bits per heavy atom. The molecule has 0 bridgehead atoms. The number of hydrogen-bond acceptors (Lipinski definition) is 3. The lowest BCUT2D eigenvalue weighted by molar-refractivity contribution is -0.342. The van der Waals surface area contributed by atoms with Gasteiger partial charge in [-0.2, -0.15) is 0 Å². The quantitative estimate of drug-likeness (QED) is 0.369. The molecular formula is C9H16O3. The smallest absolute Gasteiger partial charge is 0.157 e. The molecule has 0 radical (unpaired) electrons. The van der Waals surface area contributed by atoms with E-state index < -0.39 is 0 Å². The van der Waals surface area contributed by atoms with E-state index in [-0.39, 0.29) is 18.0 Å². The highest BCUT2D eigenvalue weighted by Crippen LogP contribution is 2.07. The molecule has 0 saturated heterocycles. The van der Waals surface area contributed by atoms with Gasteiger partial charge in [0.25, 0.3) is 0 Å². The van der Waals surface area contributed by atoms with Crippen molar-refractivity contribution in [3.05, 3.63) is 12.2 Å². The van der Waals surface area contributed by atoms with E-state index in [9.17, 15) is 4.79 Å². The van der Waals surface area contributed by atoms with Gasteiger partial charge in [-0.15, -0.1) is 0 Å². The maximum absolute atomic E-state index is 10.7.